The summed E-state index contributed by atoms with van der Waals surface area (Å²) in [6.45, 7) is 3.83. The number of hydrogen-bond acceptors (Lipinski definition) is 3. The maximum Gasteiger partial charge on any atom is 0.225 e. The van der Waals surface area contributed by atoms with Crippen molar-refractivity contribution in [3.63, 3.8) is 0 Å². The Hall–Kier alpha value is -1.84. The normalized spacial score (nSPS) is 10.7. The molecule has 0 saturated carbocycles. The highest BCUT2D eigenvalue weighted by Crippen LogP contribution is 2.29. The highest BCUT2D eigenvalue weighted by Gasteiger charge is 2.16. The molecule has 3 nitrogen and oxygen atoms in total. The van der Waals surface area contributed by atoms with Gasteiger partial charge in [0.05, 0.1) is 0 Å². The summed E-state index contributed by atoms with van der Waals surface area (Å²) in [6.07, 6.45) is 0.665. The summed E-state index contributed by atoms with van der Waals surface area (Å²) in [6, 6.07) is 4.88. The predicted molar refractivity (Wildman–Crippen MR) is 60.4 cm³/mol. The lowest BCUT2D eigenvalue weighted by molar-refractivity contribution is 0.438. The minimum atomic E-state index is -0.311. The fraction of sp³-hybridized carbons (Fsp3) is 0.250. The maximum absolute atomic E-state index is 13.7. The molecule has 16 heavy (non-hydrogen) atoms. The highest BCUT2D eigenvalue weighted by atomic mass is 19.1. The van der Waals surface area contributed by atoms with E-state index in [9.17, 15) is 4.39 Å². The van der Waals surface area contributed by atoms with Gasteiger partial charge in [0, 0.05) is 11.1 Å². The first kappa shape index (κ1) is 10.7. The van der Waals surface area contributed by atoms with Gasteiger partial charge in [-0.25, -0.2) is 4.39 Å². The molecular weight excluding hydrogens is 207 g/mol. The van der Waals surface area contributed by atoms with Crippen LogP contribution in [0.25, 0.3) is 11.3 Å². The van der Waals surface area contributed by atoms with Crippen molar-refractivity contribution >= 4 is 5.88 Å². The molecule has 2 rings (SSSR count). The lowest BCUT2D eigenvalue weighted by Gasteiger charge is -2.02. The molecule has 1 heterocycles. The van der Waals surface area contributed by atoms with Crippen molar-refractivity contribution in [1.82, 2.24) is 5.16 Å². The van der Waals surface area contributed by atoms with Gasteiger partial charge in [0.25, 0.3) is 0 Å². The van der Waals surface area contributed by atoms with Gasteiger partial charge in [0.1, 0.15) is 11.5 Å². The van der Waals surface area contributed by atoms with Gasteiger partial charge in [-0.1, -0.05) is 23.7 Å². The van der Waals surface area contributed by atoms with E-state index >= 15 is 0 Å². The Balaban J connectivity index is 2.62. The van der Waals surface area contributed by atoms with E-state index in [4.69, 9.17) is 10.3 Å². The van der Waals surface area contributed by atoms with Crippen LogP contribution in [0.3, 0.4) is 0 Å². The lowest BCUT2D eigenvalue weighted by Crippen LogP contribution is -1.92. The average molecular weight is 220 g/mol. The van der Waals surface area contributed by atoms with Crippen LogP contribution in [-0.2, 0) is 6.42 Å². The number of anilines is 1. The van der Waals surface area contributed by atoms with Gasteiger partial charge in [-0.3, -0.25) is 0 Å². The van der Waals surface area contributed by atoms with Gasteiger partial charge < -0.3 is 10.3 Å². The Labute approximate surface area is 93.1 Å². The van der Waals surface area contributed by atoms with Crippen molar-refractivity contribution in [2.24, 2.45) is 0 Å². The summed E-state index contributed by atoms with van der Waals surface area (Å²) >= 11 is 0. The number of nitrogens with zero attached hydrogens (tertiary/aromatic N) is 1. The molecule has 0 spiro atoms. The molecule has 0 radical (unpaired) electrons. The van der Waals surface area contributed by atoms with E-state index < -0.39 is 0 Å². The predicted octanol–water partition coefficient (Wildman–Crippen LogP) is 2.93. The Bertz CT molecular complexity index is 520. The second kappa shape index (κ2) is 3.96. The fourth-order valence-corrected chi connectivity index (χ4v) is 1.70. The van der Waals surface area contributed by atoms with E-state index in [0.29, 0.717) is 17.7 Å². The number of aromatic nitrogens is 1. The largest absolute Gasteiger partial charge is 0.367 e. The molecule has 0 atom stereocenters. The number of benzene rings is 1. The first-order valence-corrected chi connectivity index (χ1v) is 5.14. The first-order chi connectivity index (χ1) is 7.63. The van der Waals surface area contributed by atoms with E-state index in [2.05, 4.69) is 5.16 Å². The van der Waals surface area contributed by atoms with Gasteiger partial charge in [-0.15, -0.1) is 0 Å². The molecule has 2 aromatic rings. The first-order valence-electron chi connectivity index (χ1n) is 5.14. The Morgan fingerprint density at radius 2 is 2.19 bits per heavy atom. The van der Waals surface area contributed by atoms with Crippen molar-refractivity contribution in [3.8, 4) is 11.3 Å². The van der Waals surface area contributed by atoms with E-state index in [1.54, 1.807) is 12.1 Å². The molecule has 0 aliphatic carbocycles. The molecule has 1 aromatic heterocycles. The molecule has 84 valence electrons. The zero-order valence-corrected chi connectivity index (χ0v) is 9.25. The third kappa shape index (κ3) is 1.66. The monoisotopic (exact) mass is 220 g/mol. The van der Waals surface area contributed by atoms with Crippen molar-refractivity contribution < 1.29 is 8.91 Å². The lowest BCUT2D eigenvalue weighted by atomic mass is 10.0. The highest BCUT2D eigenvalue weighted by molar-refractivity contribution is 5.68. The molecule has 0 aliphatic rings. The standard InChI is InChI=1S/C12H13FN2O/c1-3-8-11(15-16-12(8)14)9-6-7(2)4-5-10(9)13/h4-6H,3,14H2,1-2H3. The topological polar surface area (TPSA) is 52.0 Å². The van der Waals surface area contributed by atoms with E-state index in [1.165, 1.54) is 6.07 Å². The van der Waals surface area contributed by atoms with E-state index in [1.807, 2.05) is 13.8 Å². The molecule has 0 fully saturated rings. The van der Waals surface area contributed by atoms with Crippen LogP contribution in [0.2, 0.25) is 0 Å². The summed E-state index contributed by atoms with van der Waals surface area (Å²) in [5.74, 6) is -0.0491. The van der Waals surface area contributed by atoms with Crippen LogP contribution in [0, 0.1) is 12.7 Å². The van der Waals surface area contributed by atoms with Crippen LogP contribution in [-0.4, -0.2) is 5.16 Å². The second-order valence-electron chi connectivity index (χ2n) is 3.71. The number of hydrogen-bond donors (Lipinski definition) is 1. The van der Waals surface area contributed by atoms with Gasteiger partial charge in [-0.2, -0.15) is 0 Å². The Kier molecular flexibility index (Phi) is 2.64. The Morgan fingerprint density at radius 3 is 2.88 bits per heavy atom. The van der Waals surface area contributed by atoms with E-state index in [-0.39, 0.29) is 11.7 Å². The minimum Gasteiger partial charge on any atom is -0.367 e. The second-order valence-corrected chi connectivity index (χ2v) is 3.71. The third-order valence-corrected chi connectivity index (χ3v) is 2.55. The average Bonchev–Trinajstić information content (AvgIpc) is 2.63. The van der Waals surface area contributed by atoms with Crippen molar-refractivity contribution in [2.75, 3.05) is 5.73 Å². The number of halogens is 1. The molecule has 0 amide bonds. The molecule has 1 aromatic carbocycles. The van der Waals surface area contributed by atoms with Crippen LogP contribution in [0.1, 0.15) is 18.1 Å². The van der Waals surface area contributed by atoms with Crippen molar-refractivity contribution in [1.29, 1.82) is 0 Å². The minimum absolute atomic E-state index is 0.262. The Morgan fingerprint density at radius 1 is 1.44 bits per heavy atom. The maximum atomic E-state index is 13.7. The van der Waals surface area contributed by atoms with Crippen LogP contribution in [0.15, 0.2) is 22.7 Å². The number of nitrogen functional groups attached to an aromatic ring is 1. The molecular formula is C12H13FN2O. The van der Waals surface area contributed by atoms with Crippen molar-refractivity contribution in [3.05, 3.63) is 35.1 Å². The summed E-state index contributed by atoms with van der Waals surface area (Å²) in [4.78, 5) is 0. The van der Waals surface area contributed by atoms with Gasteiger partial charge in [0.2, 0.25) is 5.88 Å². The quantitative estimate of drug-likeness (QED) is 0.846. The summed E-state index contributed by atoms with van der Waals surface area (Å²) < 4.78 is 18.6. The van der Waals surface area contributed by atoms with Crippen LogP contribution >= 0.6 is 0 Å². The molecule has 4 heteroatoms. The fourth-order valence-electron chi connectivity index (χ4n) is 1.70. The van der Waals surface area contributed by atoms with Gasteiger partial charge >= 0.3 is 0 Å². The number of rotatable bonds is 2. The third-order valence-electron chi connectivity index (χ3n) is 2.55. The van der Waals surface area contributed by atoms with Crippen LogP contribution in [0.5, 0.6) is 0 Å². The molecule has 0 aliphatic heterocycles. The SMILES string of the molecule is CCc1c(-c2cc(C)ccc2F)noc1N. The molecule has 0 bridgehead atoms. The van der Waals surface area contributed by atoms with E-state index in [0.717, 1.165) is 11.1 Å². The summed E-state index contributed by atoms with van der Waals surface area (Å²) in [5, 5.41) is 3.82. The van der Waals surface area contributed by atoms with Crippen LogP contribution in [0.4, 0.5) is 10.3 Å². The zero-order valence-electron chi connectivity index (χ0n) is 9.25. The molecule has 0 unspecified atom stereocenters. The smallest absolute Gasteiger partial charge is 0.225 e. The zero-order chi connectivity index (χ0) is 11.7. The molecule has 2 N–H and O–H groups in total. The van der Waals surface area contributed by atoms with Gasteiger partial charge in [0.15, 0.2) is 0 Å². The van der Waals surface area contributed by atoms with Crippen LogP contribution < -0.4 is 5.73 Å². The van der Waals surface area contributed by atoms with Crippen molar-refractivity contribution in [2.45, 2.75) is 20.3 Å². The van der Waals surface area contributed by atoms with Gasteiger partial charge in [-0.05, 0) is 25.5 Å². The molecule has 0 saturated heterocycles. The number of nitrogens with two attached hydrogens (primary N) is 1. The summed E-state index contributed by atoms with van der Waals surface area (Å²) in [7, 11) is 0. The number of aryl methyl sites for hydroxylation is 1. The summed E-state index contributed by atoms with van der Waals surface area (Å²) in [5.41, 5.74) is 8.30.